The van der Waals surface area contributed by atoms with Crippen LogP contribution in [0, 0.1) is 13.8 Å². The lowest BCUT2D eigenvalue weighted by Gasteiger charge is -2.23. The number of fused-ring (bicyclic) bond motifs is 1. The molecule has 0 saturated heterocycles. The van der Waals surface area contributed by atoms with Gasteiger partial charge in [-0.15, -0.1) is 0 Å². The zero-order valence-electron chi connectivity index (χ0n) is 18.4. The number of anilines is 1. The Labute approximate surface area is 193 Å². The van der Waals surface area contributed by atoms with Crippen molar-refractivity contribution in [3.63, 3.8) is 0 Å². The Hall–Kier alpha value is -3.91. The quantitative estimate of drug-likeness (QED) is 0.491. The van der Waals surface area contributed by atoms with Crippen molar-refractivity contribution in [3.8, 4) is 0 Å². The number of carbonyl (C=O) groups excluding carboxylic acids is 1. The molecule has 7 nitrogen and oxygen atoms in total. The summed E-state index contributed by atoms with van der Waals surface area (Å²) in [7, 11) is 0. The predicted octanol–water partition coefficient (Wildman–Crippen LogP) is 3.41. The van der Waals surface area contributed by atoms with Crippen LogP contribution in [0.15, 0.2) is 80.2 Å². The van der Waals surface area contributed by atoms with Crippen molar-refractivity contribution in [3.05, 3.63) is 108 Å². The first kappa shape index (κ1) is 21.0. The van der Waals surface area contributed by atoms with Gasteiger partial charge in [-0.25, -0.2) is 4.99 Å². The van der Waals surface area contributed by atoms with Gasteiger partial charge >= 0.3 is 0 Å². The smallest absolute Gasteiger partial charge is 0.271 e. The molecule has 0 spiro atoms. The van der Waals surface area contributed by atoms with E-state index in [1.165, 1.54) is 11.3 Å². The SMILES string of the molecule is CC1=C(C(=O)Nc2ccccc2C)[C@H](c2ccc(C)o2)n2c(s/c(=C/c3ccc[nH]3)c2=O)=N1. The number of carbonyl (C=O) groups is 1. The maximum absolute atomic E-state index is 13.5. The number of amides is 1. The number of aromatic amines is 1. The number of aromatic nitrogens is 2. The molecule has 1 aliphatic heterocycles. The molecule has 1 amide bonds. The zero-order chi connectivity index (χ0) is 23.1. The summed E-state index contributed by atoms with van der Waals surface area (Å²) in [6, 6.07) is 14.2. The lowest BCUT2D eigenvalue weighted by Crippen LogP contribution is -2.40. The van der Waals surface area contributed by atoms with Crippen LogP contribution in [0.5, 0.6) is 0 Å². The van der Waals surface area contributed by atoms with E-state index in [-0.39, 0.29) is 11.5 Å². The normalized spacial score (nSPS) is 16.0. The molecular formula is C25H22N4O3S. The number of para-hydroxylation sites is 1. The Kier molecular flexibility index (Phi) is 5.22. The summed E-state index contributed by atoms with van der Waals surface area (Å²) in [6.45, 7) is 5.55. The van der Waals surface area contributed by atoms with Gasteiger partial charge in [0.1, 0.15) is 17.6 Å². The Morgan fingerprint density at radius 3 is 2.67 bits per heavy atom. The number of nitrogens with zero attached hydrogens (tertiary/aromatic N) is 2. The minimum absolute atomic E-state index is 0.221. The highest BCUT2D eigenvalue weighted by Gasteiger charge is 2.34. The second kappa shape index (κ2) is 8.22. The van der Waals surface area contributed by atoms with E-state index in [0.717, 1.165) is 11.3 Å². The van der Waals surface area contributed by atoms with Crippen molar-refractivity contribution in [2.75, 3.05) is 5.32 Å². The van der Waals surface area contributed by atoms with Gasteiger partial charge in [-0.2, -0.15) is 0 Å². The Morgan fingerprint density at radius 2 is 1.97 bits per heavy atom. The van der Waals surface area contributed by atoms with Gasteiger partial charge in [0.2, 0.25) is 0 Å². The number of aryl methyl sites for hydroxylation is 2. The zero-order valence-corrected chi connectivity index (χ0v) is 19.2. The summed E-state index contributed by atoms with van der Waals surface area (Å²) in [5, 5.41) is 2.99. The summed E-state index contributed by atoms with van der Waals surface area (Å²) in [5.74, 6) is 0.902. The van der Waals surface area contributed by atoms with Crippen molar-refractivity contribution in [1.82, 2.24) is 9.55 Å². The Morgan fingerprint density at radius 1 is 1.15 bits per heavy atom. The lowest BCUT2D eigenvalue weighted by molar-refractivity contribution is -0.113. The largest absolute Gasteiger partial charge is 0.464 e. The van der Waals surface area contributed by atoms with E-state index in [1.807, 2.05) is 62.4 Å². The van der Waals surface area contributed by atoms with E-state index < -0.39 is 6.04 Å². The van der Waals surface area contributed by atoms with Gasteiger partial charge in [-0.3, -0.25) is 14.2 Å². The molecule has 3 aromatic heterocycles. The van der Waals surface area contributed by atoms with Crippen LogP contribution in [0.2, 0.25) is 0 Å². The second-order valence-electron chi connectivity index (χ2n) is 7.92. The van der Waals surface area contributed by atoms with Crippen molar-refractivity contribution >= 4 is 29.0 Å². The average molecular weight is 459 g/mol. The molecule has 0 saturated carbocycles. The minimum Gasteiger partial charge on any atom is -0.464 e. The molecule has 1 aliphatic rings. The number of thiazole rings is 1. The van der Waals surface area contributed by atoms with Crippen molar-refractivity contribution in [2.24, 2.45) is 4.99 Å². The fourth-order valence-corrected chi connectivity index (χ4v) is 5.00. The number of hydrogen-bond donors (Lipinski definition) is 2. The van der Waals surface area contributed by atoms with Crippen LogP contribution in [0.4, 0.5) is 5.69 Å². The summed E-state index contributed by atoms with van der Waals surface area (Å²) in [5.41, 5.74) is 3.18. The first-order valence-electron chi connectivity index (χ1n) is 10.5. The van der Waals surface area contributed by atoms with Gasteiger partial charge in [0.15, 0.2) is 4.80 Å². The number of nitrogens with one attached hydrogen (secondary N) is 2. The average Bonchev–Trinajstić information content (AvgIpc) is 3.51. The molecule has 1 atom stereocenters. The number of allylic oxidation sites excluding steroid dienone is 1. The van der Waals surface area contributed by atoms with E-state index in [9.17, 15) is 9.59 Å². The highest BCUT2D eigenvalue weighted by atomic mass is 32.1. The molecule has 0 bridgehead atoms. The number of H-pyrrole nitrogens is 1. The maximum atomic E-state index is 13.5. The topological polar surface area (TPSA) is 92.4 Å². The molecule has 0 unspecified atom stereocenters. The molecule has 5 rings (SSSR count). The van der Waals surface area contributed by atoms with Gasteiger partial charge in [0.25, 0.3) is 11.5 Å². The fraction of sp³-hybridized carbons (Fsp3) is 0.160. The van der Waals surface area contributed by atoms with E-state index in [4.69, 9.17) is 4.42 Å². The van der Waals surface area contributed by atoms with Crippen molar-refractivity contribution < 1.29 is 9.21 Å². The molecule has 0 fully saturated rings. The van der Waals surface area contributed by atoms with Crippen LogP contribution < -0.4 is 20.2 Å². The number of rotatable bonds is 4. The van der Waals surface area contributed by atoms with Crippen LogP contribution in [0.25, 0.3) is 6.08 Å². The third-order valence-corrected chi connectivity index (χ3v) is 6.58. The van der Waals surface area contributed by atoms with Crippen molar-refractivity contribution in [1.29, 1.82) is 0 Å². The van der Waals surface area contributed by atoms with Crippen LogP contribution in [-0.4, -0.2) is 15.5 Å². The molecule has 4 heterocycles. The molecule has 33 heavy (non-hydrogen) atoms. The molecule has 166 valence electrons. The monoisotopic (exact) mass is 458 g/mol. The van der Waals surface area contributed by atoms with Gasteiger partial charge in [0, 0.05) is 17.6 Å². The molecule has 8 heteroatoms. The van der Waals surface area contributed by atoms with Crippen LogP contribution >= 0.6 is 11.3 Å². The van der Waals surface area contributed by atoms with Crippen LogP contribution in [0.3, 0.4) is 0 Å². The standard InChI is InChI=1S/C25H22N4O3S/c1-14-7-4-5-9-18(14)28-23(30)21-16(3)27-25-29(22(21)19-11-10-15(2)32-19)24(31)20(33-25)13-17-8-6-12-26-17/h4-13,22,26H,1-3H3,(H,28,30)/b20-13+/t22-/m0/s1. The summed E-state index contributed by atoms with van der Waals surface area (Å²) >= 11 is 1.29. The van der Waals surface area contributed by atoms with Crippen molar-refractivity contribution in [2.45, 2.75) is 26.8 Å². The number of furan rings is 1. The second-order valence-corrected chi connectivity index (χ2v) is 8.93. The van der Waals surface area contributed by atoms with Gasteiger partial charge < -0.3 is 14.7 Å². The van der Waals surface area contributed by atoms with Gasteiger partial charge in [-0.05, 0) is 62.7 Å². The molecule has 0 aliphatic carbocycles. The predicted molar refractivity (Wildman–Crippen MR) is 128 cm³/mol. The lowest BCUT2D eigenvalue weighted by atomic mass is 10.00. The van der Waals surface area contributed by atoms with E-state index in [0.29, 0.717) is 37.8 Å². The van der Waals surface area contributed by atoms with Crippen LogP contribution in [0.1, 0.15) is 35.7 Å². The van der Waals surface area contributed by atoms with Gasteiger partial charge in [-0.1, -0.05) is 29.5 Å². The first-order valence-corrected chi connectivity index (χ1v) is 11.3. The summed E-state index contributed by atoms with van der Waals surface area (Å²) in [6.07, 6.45) is 3.59. The number of hydrogen-bond acceptors (Lipinski definition) is 5. The molecule has 1 aromatic carbocycles. The van der Waals surface area contributed by atoms with Crippen LogP contribution in [-0.2, 0) is 4.79 Å². The van der Waals surface area contributed by atoms with E-state index in [1.54, 1.807) is 23.8 Å². The first-order chi connectivity index (χ1) is 15.9. The molecule has 0 radical (unpaired) electrons. The van der Waals surface area contributed by atoms with E-state index >= 15 is 0 Å². The summed E-state index contributed by atoms with van der Waals surface area (Å²) in [4.78, 5) is 35.2. The minimum atomic E-state index is -0.718. The third-order valence-electron chi connectivity index (χ3n) is 5.60. The van der Waals surface area contributed by atoms with Gasteiger partial charge in [0.05, 0.1) is 15.8 Å². The van der Waals surface area contributed by atoms with E-state index in [2.05, 4.69) is 15.3 Å². The fourth-order valence-electron chi connectivity index (χ4n) is 3.96. The molecular weight excluding hydrogens is 436 g/mol. The summed E-state index contributed by atoms with van der Waals surface area (Å²) < 4.78 is 8.00. The number of benzene rings is 1. The highest BCUT2D eigenvalue weighted by Crippen LogP contribution is 2.32. The highest BCUT2D eigenvalue weighted by molar-refractivity contribution is 7.07. The Balaban J connectivity index is 1.67. The molecule has 2 N–H and O–H groups in total. The third kappa shape index (κ3) is 3.78. The molecule has 4 aromatic rings. The maximum Gasteiger partial charge on any atom is 0.271 e. The Bertz CT molecular complexity index is 1570.